The lowest BCUT2D eigenvalue weighted by molar-refractivity contribution is 0.0602. The van der Waals surface area contributed by atoms with Gasteiger partial charge in [0, 0.05) is 22.8 Å². The van der Waals surface area contributed by atoms with Crippen molar-refractivity contribution >= 4 is 44.2 Å². The normalized spacial score (nSPS) is 11.1. The molecule has 8 nitrogen and oxygen atoms in total. The summed E-state index contributed by atoms with van der Waals surface area (Å²) in [5.74, 6) is -1.03. The number of pyridine rings is 1. The quantitative estimate of drug-likeness (QED) is 0.418. The molecule has 0 atom stereocenters. The van der Waals surface area contributed by atoms with Crippen LogP contribution in [0.3, 0.4) is 0 Å². The van der Waals surface area contributed by atoms with Gasteiger partial charge in [0.1, 0.15) is 4.90 Å². The topological polar surface area (TPSA) is 114 Å². The first-order valence-corrected chi connectivity index (χ1v) is 11.3. The monoisotopic (exact) mass is 461 g/mol. The second kappa shape index (κ2) is 9.09. The SMILES string of the molecule is COC(=O)c1ccccc1NC(=O)c1ccc(NS(=O)(=O)c2cccc3cccnc23)cc1. The summed E-state index contributed by atoms with van der Waals surface area (Å²) >= 11 is 0. The highest BCUT2D eigenvalue weighted by Crippen LogP contribution is 2.24. The van der Waals surface area contributed by atoms with Gasteiger partial charge in [0.2, 0.25) is 0 Å². The van der Waals surface area contributed by atoms with Crippen molar-refractivity contribution in [3.8, 4) is 0 Å². The van der Waals surface area contributed by atoms with Gasteiger partial charge in [-0.25, -0.2) is 13.2 Å². The van der Waals surface area contributed by atoms with E-state index in [1.165, 1.54) is 43.6 Å². The molecule has 1 amide bonds. The van der Waals surface area contributed by atoms with Crippen LogP contribution in [0.4, 0.5) is 11.4 Å². The Balaban J connectivity index is 1.53. The maximum Gasteiger partial charge on any atom is 0.339 e. The summed E-state index contributed by atoms with van der Waals surface area (Å²) < 4.78 is 33.1. The number of esters is 1. The van der Waals surface area contributed by atoms with Crippen LogP contribution < -0.4 is 10.0 Å². The predicted molar refractivity (Wildman–Crippen MR) is 125 cm³/mol. The third-order valence-electron chi connectivity index (χ3n) is 4.87. The van der Waals surface area contributed by atoms with E-state index in [-0.39, 0.29) is 21.7 Å². The van der Waals surface area contributed by atoms with Crippen molar-refractivity contribution in [1.82, 2.24) is 4.98 Å². The van der Waals surface area contributed by atoms with Crippen LogP contribution in [-0.2, 0) is 14.8 Å². The van der Waals surface area contributed by atoms with Crippen molar-refractivity contribution < 1.29 is 22.7 Å². The lowest BCUT2D eigenvalue weighted by Gasteiger charge is -2.11. The largest absolute Gasteiger partial charge is 0.465 e. The highest BCUT2D eigenvalue weighted by Gasteiger charge is 2.19. The third kappa shape index (κ3) is 4.68. The summed E-state index contributed by atoms with van der Waals surface area (Å²) in [5.41, 5.74) is 1.47. The van der Waals surface area contributed by atoms with E-state index < -0.39 is 21.9 Å². The predicted octanol–water partition coefficient (Wildman–Crippen LogP) is 4.07. The number of carbonyl (C=O) groups is 2. The Bertz CT molecular complexity index is 1450. The van der Waals surface area contributed by atoms with Gasteiger partial charge in [-0.1, -0.05) is 30.3 Å². The van der Waals surface area contributed by atoms with Gasteiger partial charge in [0.05, 0.1) is 23.9 Å². The number of para-hydroxylation sites is 2. The molecule has 0 saturated carbocycles. The molecule has 0 unspecified atom stereocenters. The number of amides is 1. The number of methoxy groups -OCH3 is 1. The molecule has 9 heteroatoms. The maximum atomic E-state index is 12.9. The molecule has 166 valence electrons. The fourth-order valence-electron chi connectivity index (χ4n) is 3.27. The molecule has 1 heterocycles. The highest BCUT2D eigenvalue weighted by molar-refractivity contribution is 7.93. The average molecular weight is 461 g/mol. The van der Waals surface area contributed by atoms with Crippen LogP contribution in [0.25, 0.3) is 10.9 Å². The Morgan fingerprint density at radius 3 is 2.36 bits per heavy atom. The van der Waals surface area contributed by atoms with Crippen LogP contribution in [0.15, 0.2) is 90.0 Å². The molecule has 0 fully saturated rings. The number of carbonyl (C=O) groups excluding carboxylic acids is 2. The number of fused-ring (bicyclic) bond motifs is 1. The lowest BCUT2D eigenvalue weighted by Crippen LogP contribution is -2.16. The molecular formula is C24H19N3O5S. The summed E-state index contributed by atoms with van der Waals surface area (Å²) in [7, 11) is -2.65. The summed E-state index contributed by atoms with van der Waals surface area (Å²) in [5, 5.41) is 3.38. The molecule has 0 aliphatic heterocycles. The van der Waals surface area contributed by atoms with E-state index in [9.17, 15) is 18.0 Å². The Kier molecular flexibility index (Phi) is 6.05. The molecule has 3 aromatic carbocycles. The van der Waals surface area contributed by atoms with Crippen LogP contribution in [0.5, 0.6) is 0 Å². The van der Waals surface area contributed by atoms with Gasteiger partial charge in [-0.2, -0.15) is 0 Å². The van der Waals surface area contributed by atoms with Gasteiger partial charge in [-0.05, 0) is 48.5 Å². The summed E-state index contributed by atoms with van der Waals surface area (Å²) in [4.78, 5) is 28.8. The van der Waals surface area contributed by atoms with Crippen molar-refractivity contribution in [2.45, 2.75) is 4.90 Å². The Labute approximate surface area is 190 Å². The van der Waals surface area contributed by atoms with Crippen LogP contribution in [0, 0.1) is 0 Å². The van der Waals surface area contributed by atoms with Gasteiger partial charge in [0.25, 0.3) is 15.9 Å². The molecule has 0 aliphatic rings. The van der Waals surface area contributed by atoms with E-state index in [1.807, 2.05) is 0 Å². The van der Waals surface area contributed by atoms with Crippen molar-refractivity contribution in [2.75, 3.05) is 17.1 Å². The fraction of sp³-hybridized carbons (Fsp3) is 0.0417. The van der Waals surface area contributed by atoms with E-state index >= 15 is 0 Å². The molecule has 33 heavy (non-hydrogen) atoms. The Morgan fingerprint density at radius 2 is 1.61 bits per heavy atom. The van der Waals surface area contributed by atoms with Crippen molar-refractivity contribution in [3.63, 3.8) is 0 Å². The average Bonchev–Trinajstić information content (AvgIpc) is 2.83. The molecule has 2 N–H and O–H groups in total. The lowest BCUT2D eigenvalue weighted by atomic mass is 10.1. The van der Waals surface area contributed by atoms with E-state index in [1.54, 1.807) is 48.5 Å². The van der Waals surface area contributed by atoms with Crippen LogP contribution in [-0.4, -0.2) is 32.4 Å². The maximum absolute atomic E-state index is 12.9. The summed E-state index contributed by atoms with van der Waals surface area (Å²) in [6.07, 6.45) is 1.53. The zero-order valence-corrected chi connectivity index (χ0v) is 18.3. The standard InChI is InChI=1S/C24H19N3O5S/c1-32-24(29)19-8-2-3-9-20(19)26-23(28)17-11-13-18(14-12-17)27-33(30,31)21-10-4-6-16-7-5-15-25-22(16)21/h2-15,27H,1H3,(H,26,28). The number of hydrogen-bond acceptors (Lipinski definition) is 6. The highest BCUT2D eigenvalue weighted by atomic mass is 32.2. The first-order valence-electron chi connectivity index (χ1n) is 9.84. The van der Waals surface area contributed by atoms with E-state index in [0.29, 0.717) is 16.6 Å². The molecule has 4 rings (SSSR count). The van der Waals surface area contributed by atoms with Crippen molar-refractivity contribution in [2.24, 2.45) is 0 Å². The minimum atomic E-state index is -3.90. The van der Waals surface area contributed by atoms with Gasteiger partial charge >= 0.3 is 5.97 Å². The van der Waals surface area contributed by atoms with Crippen LogP contribution >= 0.6 is 0 Å². The van der Waals surface area contributed by atoms with E-state index in [2.05, 4.69) is 15.0 Å². The number of nitrogens with one attached hydrogen (secondary N) is 2. The second-order valence-electron chi connectivity index (χ2n) is 7.01. The third-order valence-corrected chi connectivity index (χ3v) is 6.28. The molecule has 0 bridgehead atoms. The number of benzene rings is 3. The van der Waals surface area contributed by atoms with Crippen LogP contribution in [0.2, 0.25) is 0 Å². The van der Waals surface area contributed by atoms with Crippen molar-refractivity contribution in [3.05, 3.63) is 96.2 Å². The fourth-order valence-corrected chi connectivity index (χ4v) is 4.51. The van der Waals surface area contributed by atoms with Gasteiger partial charge in [-0.15, -0.1) is 0 Å². The zero-order valence-electron chi connectivity index (χ0n) is 17.5. The van der Waals surface area contributed by atoms with Crippen molar-refractivity contribution in [1.29, 1.82) is 0 Å². The summed E-state index contributed by atoms with van der Waals surface area (Å²) in [6, 6.07) is 20.8. The zero-order chi connectivity index (χ0) is 23.4. The number of rotatable bonds is 6. The Morgan fingerprint density at radius 1 is 0.879 bits per heavy atom. The van der Waals surface area contributed by atoms with Gasteiger partial charge in [0.15, 0.2) is 0 Å². The molecule has 1 aromatic heterocycles. The van der Waals surface area contributed by atoms with Gasteiger partial charge in [-0.3, -0.25) is 14.5 Å². The minimum absolute atomic E-state index is 0.0573. The first-order chi connectivity index (χ1) is 15.9. The van der Waals surface area contributed by atoms with Gasteiger partial charge < -0.3 is 10.1 Å². The number of sulfonamides is 1. The number of nitrogens with zero attached hydrogens (tertiary/aromatic N) is 1. The Hall–Kier alpha value is -4.24. The number of hydrogen-bond donors (Lipinski definition) is 2. The molecule has 0 radical (unpaired) electrons. The minimum Gasteiger partial charge on any atom is -0.465 e. The molecule has 0 saturated heterocycles. The van der Waals surface area contributed by atoms with E-state index in [0.717, 1.165) is 0 Å². The number of anilines is 2. The molecular weight excluding hydrogens is 442 g/mol. The van der Waals surface area contributed by atoms with E-state index in [4.69, 9.17) is 4.74 Å². The first kappa shape index (κ1) is 22.0. The number of aromatic nitrogens is 1. The smallest absolute Gasteiger partial charge is 0.339 e. The summed E-state index contributed by atoms with van der Waals surface area (Å²) in [6.45, 7) is 0. The van der Waals surface area contributed by atoms with Crippen LogP contribution in [0.1, 0.15) is 20.7 Å². The number of ether oxygens (including phenoxy) is 1. The second-order valence-corrected chi connectivity index (χ2v) is 8.66. The molecule has 0 spiro atoms. The molecule has 0 aliphatic carbocycles. The molecule has 4 aromatic rings.